The second kappa shape index (κ2) is 4.09. The first-order valence-electron chi connectivity index (χ1n) is 5.84. The van der Waals surface area contributed by atoms with Crippen LogP contribution in [0.15, 0.2) is 18.6 Å². The maximum absolute atomic E-state index is 9.08. The Morgan fingerprint density at radius 2 is 2.35 bits per heavy atom. The molecule has 0 saturated carbocycles. The van der Waals surface area contributed by atoms with Crippen LogP contribution in [0.4, 0.5) is 0 Å². The molecule has 3 heterocycles. The molecule has 0 radical (unpaired) electrons. The number of aliphatic hydroxyl groups excluding tert-OH is 1. The number of aryl methyl sites for hydroxylation is 1. The number of fused-ring (bicyclic) bond motifs is 1. The molecular formula is C12H15N3O2. The van der Waals surface area contributed by atoms with Crippen LogP contribution >= 0.6 is 0 Å². The molecule has 1 saturated heterocycles. The molecule has 3 rings (SSSR count). The molecule has 0 spiro atoms. The molecule has 2 atom stereocenters. The average Bonchev–Trinajstić information content (AvgIpc) is 2.94. The number of rotatable bonds is 2. The summed E-state index contributed by atoms with van der Waals surface area (Å²) in [6.45, 7) is 2.06. The Kier molecular flexibility index (Phi) is 2.57. The monoisotopic (exact) mass is 233 g/mol. The van der Waals surface area contributed by atoms with Crippen LogP contribution in [0.1, 0.15) is 24.8 Å². The molecule has 1 N–H and O–H groups in total. The Hall–Kier alpha value is -1.46. The molecule has 2 aromatic heterocycles. The van der Waals surface area contributed by atoms with Crippen molar-refractivity contribution in [2.45, 2.75) is 32.1 Å². The summed E-state index contributed by atoms with van der Waals surface area (Å²) in [4.78, 5) is 8.48. The lowest BCUT2D eigenvalue weighted by Crippen LogP contribution is -2.14. The normalized spacial score (nSPS) is 24.6. The fraction of sp³-hybridized carbons (Fsp3) is 0.500. The Morgan fingerprint density at radius 1 is 1.47 bits per heavy atom. The molecule has 0 aromatic carbocycles. The van der Waals surface area contributed by atoms with E-state index in [9.17, 15) is 0 Å². The Balaban J connectivity index is 1.99. The smallest absolute Gasteiger partial charge is 0.145 e. The SMILES string of the molecule is Cc1ncnc2c1ccn2C1CCC(CO)O1. The van der Waals surface area contributed by atoms with E-state index < -0.39 is 0 Å². The van der Waals surface area contributed by atoms with Crippen LogP contribution in [0.25, 0.3) is 11.0 Å². The first kappa shape index (κ1) is 10.7. The van der Waals surface area contributed by atoms with Gasteiger partial charge < -0.3 is 14.4 Å². The molecule has 2 aromatic rings. The number of aromatic nitrogens is 3. The highest BCUT2D eigenvalue weighted by Gasteiger charge is 2.26. The zero-order valence-corrected chi connectivity index (χ0v) is 9.71. The van der Waals surface area contributed by atoms with Gasteiger partial charge in [-0.15, -0.1) is 0 Å². The van der Waals surface area contributed by atoms with Gasteiger partial charge in [0.2, 0.25) is 0 Å². The minimum absolute atomic E-state index is 0.0149. The quantitative estimate of drug-likeness (QED) is 0.852. The summed E-state index contributed by atoms with van der Waals surface area (Å²) in [5.74, 6) is 0. The predicted molar refractivity (Wildman–Crippen MR) is 62.5 cm³/mol. The second-order valence-corrected chi connectivity index (χ2v) is 4.39. The third kappa shape index (κ3) is 1.71. The van der Waals surface area contributed by atoms with Crippen molar-refractivity contribution >= 4 is 11.0 Å². The van der Waals surface area contributed by atoms with Gasteiger partial charge in [-0.3, -0.25) is 0 Å². The lowest BCUT2D eigenvalue weighted by molar-refractivity contribution is -0.0204. The van der Waals surface area contributed by atoms with Gasteiger partial charge >= 0.3 is 0 Å². The third-order valence-electron chi connectivity index (χ3n) is 3.31. The first-order valence-corrected chi connectivity index (χ1v) is 5.84. The number of nitrogens with zero attached hydrogens (tertiary/aromatic N) is 3. The number of aliphatic hydroxyl groups is 1. The summed E-state index contributed by atoms with van der Waals surface area (Å²) in [5, 5.41) is 10.1. The van der Waals surface area contributed by atoms with E-state index in [2.05, 4.69) is 9.97 Å². The van der Waals surface area contributed by atoms with Crippen molar-refractivity contribution in [1.29, 1.82) is 0 Å². The van der Waals surface area contributed by atoms with Crippen LogP contribution < -0.4 is 0 Å². The van der Waals surface area contributed by atoms with Gasteiger partial charge in [-0.05, 0) is 25.8 Å². The molecule has 1 fully saturated rings. The summed E-state index contributed by atoms with van der Waals surface area (Å²) in [6, 6.07) is 2.01. The zero-order valence-electron chi connectivity index (χ0n) is 9.71. The Bertz CT molecular complexity index is 538. The highest BCUT2D eigenvalue weighted by atomic mass is 16.5. The van der Waals surface area contributed by atoms with Crippen LogP contribution in [-0.4, -0.2) is 32.4 Å². The maximum atomic E-state index is 9.08. The molecule has 0 aliphatic carbocycles. The van der Waals surface area contributed by atoms with Crippen molar-refractivity contribution < 1.29 is 9.84 Å². The van der Waals surface area contributed by atoms with E-state index in [1.54, 1.807) is 6.33 Å². The fourth-order valence-electron chi connectivity index (χ4n) is 2.36. The van der Waals surface area contributed by atoms with Gasteiger partial charge in [-0.1, -0.05) is 0 Å². The van der Waals surface area contributed by atoms with Gasteiger partial charge in [-0.2, -0.15) is 0 Å². The van der Waals surface area contributed by atoms with E-state index in [1.165, 1.54) is 0 Å². The molecule has 1 aliphatic heterocycles. The predicted octanol–water partition coefficient (Wildman–Crippen LogP) is 1.41. The van der Waals surface area contributed by atoms with Crippen LogP contribution in [0.3, 0.4) is 0 Å². The molecule has 2 unspecified atom stereocenters. The van der Waals surface area contributed by atoms with E-state index in [-0.39, 0.29) is 18.9 Å². The van der Waals surface area contributed by atoms with Crippen LogP contribution in [0.2, 0.25) is 0 Å². The lowest BCUT2D eigenvalue weighted by Gasteiger charge is -2.14. The average molecular weight is 233 g/mol. The van der Waals surface area contributed by atoms with Crippen molar-refractivity contribution in [3.8, 4) is 0 Å². The van der Waals surface area contributed by atoms with E-state index in [0.717, 1.165) is 29.6 Å². The Labute approximate surface area is 99.1 Å². The molecule has 90 valence electrons. The van der Waals surface area contributed by atoms with Crippen LogP contribution in [0.5, 0.6) is 0 Å². The van der Waals surface area contributed by atoms with E-state index in [0.29, 0.717) is 0 Å². The van der Waals surface area contributed by atoms with Gasteiger partial charge in [-0.25, -0.2) is 9.97 Å². The number of hydrogen-bond donors (Lipinski definition) is 1. The summed E-state index contributed by atoms with van der Waals surface area (Å²) >= 11 is 0. The molecule has 0 bridgehead atoms. The summed E-state index contributed by atoms with van der Waals surface area (Å²) in [6.07, 6.45) is 5.31. The molecule has 5 nitrogen and oxygen atoms in total. The van der Waals surface area contributed by atoms with Crippen molar-refractivity contribution in [3.63, 3.8) is 0 Å². The Morgan fingerprint density at radius 3 is 3.12 bits per heavy atom. The van der Waals surface area contributed by atoms with Crippen molar-refractivity contribution in [2.75, 3.05) is 6.61 Å². The fourth-order valence-corrected chi connectivity index (χ4v) is 2.36. The van der Waals surface area contributed by atoms with Crippen LogP contribution in [-0.2, 0) is 4.74 Å². The summed E-state index contributed by atoms with van der Waals surface area (Å²) < 4.78 is 7.78. The van der Waals surface area contributed by atoms with Crippen molar-refractivity contribution in [1.82, 2.24) is 14.5 Å². The molecule has 1 aliphatic rings. The van der Waals surface area contributed by atoms with Gasteiger partial charge in [0.15, 0.2) is 0 Å². The van der Waals surface area contributed by atoms with E-state index >= 15 is 0 Å². The second-order valence-electron chi connectivity index (χ2n) is 4.39. The zero-order chi connectivity index (χ0) is 11.8. The standard InChI is InChI=1S/C12H15N3O2/c1-8-10-4-5-15(12(10)14-7-13-8)11-3-2-9(6-16)17-11/h4-5,7,9,11,16H,2-3,6H2,1H3. The topological polar surface area (TPSA) is 60.2 Å². The van der Waals surface area contributed by atoms with Crippen molar-refractivity contribution in [3.05, 3.63) is 24.3 Å². The van der Waals surface area contributed by atoms with E-state index in [4.69, 9.17) is 9.84 Å². The molecule has 0 amide bonds. The lowest BCUT2D eigenvalue weighted by atomic mass is 10.2. The number of ether oxygens (including phenoxy) is 1. The van der Waals surface area contributed by atoms with Gasteiger partial charge in [0.05, 0.1) is 18.4 Å². The molecule has 17 heavy (non-hydrogen) atoms. The summed E-state index contributed by atoms with van der Waals surface area (Å²) in [5.41, 5.74) is 1.88. The largest absolute Gasteiger partial charge is 0.394 e. The molecule has 5 heteroatoms. The number of hydrogen-bond acceptors (Lipinski definition) is 4. The van der Waals surface area contributed by atoms with Gasteiger partial charge in [0.1, 0.15) is 18.2 Å². The molecular weight excluding hydrogens is 218 g/mol. The minimum Gasteiger partial charge on any atom is -0.394 e. The third-order valence-corrected chi connectivity index (χ3v) is 3.31. The minimum atomic E-state index is -0.0413. The highest BCUT2D eigenvalue weighted by Crippen LogP contribution is 2.31. The first-order chi connectivity index (χ1) is 8.29. The van der Waals surface area contributed by atoms with Gasteiger partial charge in [0, 0.05) is 11.6 Å². The summed E-state index contributed by atoms with van der Waals surface area (Å²) in [7, 11) is 0. The van der Waals surface area contributed by atoms with Gasteiger partial charge in [0.25, 0.3) is 0 Å². The highest BCUT2D eigenvalue weighted by molar-refractivity contribution is 5.78. The maximum Gasteiger partial charge on any atom is 0.145 e. The van der Waals surface area contributed by atoms with E-state index in [1.807, 2.05) is 23.8 Å². The van der Waals surface area contributed by atoms with Crippen LogP contribution in [0, 0.1) is 6.92 Å². The van der Waals surface area contributed by atoms with Crippen molar-refractivity contribution in [2.24, 2.45) is 0 Å².